The zero-order valence-electron chi connectivity index (χ0n) is 18.8. The fourth-order valence-electron chi connectivity index (χ4n) is 4.06. The Morgan fingerprint density at radius 2 is 1.91 bits per heavy atom. The predicted molar refractivity (Wildman–Crippen MR) is 135 cm³/mol. The number of benzene rings is 2. The Hall–Kier alpha value is -2.36. The molecule has 0 amide bonds. The van der Waals surface area contributed by atoms with Crippen molar-refractivity contribution in [3.63, 3.8) is 0 Å². The summed E-state index contributed by atoms with van der Waals surface area (Å²) in [4.78, 5) is 12.7. The van der Waals surface area contributed by atoms with Crippen molar-refractivity contribution in [1.82, 2.24) is 4.90 Å². The molecule has 0 aliphatic carbocycles. The summed E-state index contributed by atoms with van der Waals surface area (Å²) in [5, 5.41) is 11.7. The number of nitrogens with zero attached hydrogens (tertiary/aromatic N) is 1. The molecule has 0 spiro atoms. The van der Waals surface area contributed by atoms with Crippen LogP contribution < -0.4 is 4.74 Å². The summed E-state index contributed by atoms with van der Waals surface area (Å²) >= 11 is 12.4. The minimum absolute atomic E-state index is 0.0118. The molecule has 3 aromatic rings. The average molecular weight is 538 g/mol. The molecule has 1 saturated heterocycles. The predicted octanol–water partition coefficient (Wildman–Crippen LogP) is 4.49. The van der Waals surface area contributed by atoms with Crippen LogP contribution >= 0.6 is 23.2 Å². The lowest BCUT2D eigenvalue weighted by molar-refractivity contribution is 0.0498. The van der Waals surface area contributed by atoms with E-state index < -0.39 is 15.9 Å². The SMILES string of the molecule is O=Cc1ccc(OCC(O)CN(Cc2ccc(-c3cc(Cl)ccc3Cl)o2)C2CCS(=O)(=O)C2)cc1. The van der Waals surface area contributed by atoms with Crippen LogP contribution in [0.4, 0.5) is 0 Å². The van der Waals surface area contributed by atoms with Gasteiger partial charge < -0.3 is 14.3 Å². The number of carbonyl (C=O) groups excluding carboxylic acids is 1. The maximum atomic E-state index is 12.1. The Bertz CT molecular complexity index is 1280. The molecule has 4 rings (SSSR count). The molecule has 1 aliphatic rings. The van der Waals surface area contributed by atoms with Crippen molar-refractivity contribution in [2.24, 2.45) is 0 Å². The molecule has 2 atom stereocenters. The molecule has 2 unspecified atom stereocenters. The van der Waals surface area contributed by atoms with Crippen LogP contribution in [0.1, 0.15) is 22.5 Å². The second-order valence-corrected chi connectivity index (χ2v) is 11.6. The third-order valence-electron chi connectivity index (χ3n) is 5.84. The highest BCUT2D eigenvalue weighted by Gasteiger charge is 2.33. The number of halogens is 2. The number of aliphatic hydroxyl groups excluding tert-OH is 1. The molecule has 186 valence electrons. The highest BCUT2D eigenvalue weighted by Crippen LogP contribution is 2.32. The molecule has 10 heteroatoms. The van der Waals surface area contributed by atoms with E-state index in [9.17, 15) is 18.3 Å². The summed E-state index contributed by atoms with van der Waals surface area (Å²) in [7, 11) is -3.12. The topological polar surface area (TPSA) is 97.1 Å². The Kier molecular flexibility index (Phi) is 8.19. The Labute approximate surface area is 214 Å². The fraction of sp³-hybridized carbons (Fsp3) is 0.320. The monoisotopic (exact) mass is 537 g/mol. The number of ether oxygens (including phenoxy) is 1. The van der Waals surface area contributed by atoms with Gasteiger partial charge in [0.1, 0.15) is 36.3 Å². The van der Waals surface area contributed by atoms with Crippen LogP contribution in [0.25, 0.3) is 11.3 Å². The summed E-state index contributed by atoms with van der Waals surface area (Å²) in [6.07, 6.45) is 0.351. The molecule has 1 fully saturated rings. The van der Waals surface area contributed by atoms with Gasteiger partial charge in [0.05, 0.1) is 23.1 Å². The van der Waals surface area contributed by atoms with E-state index in [4.69, 9.17) is 32.4 Å². The standard InChI is InChI=1S/C25H25Cl2NO6S/c26-18-3-7-24(27)23(11-18)25-8-6-22(34-25)13-28(19-9-10-35(31,32)16-19)12-20(30)15-33-21-4-1-17(14-29)2-5-21/h1-8,11,14,19-20,30H,9-10,12-13,15-16H2. The third-order valence-corrected chi connectivity index (χ3v) is 8.16. The van der Waals surface area contributed by atoms with Crippen molar-refractivity contribution in [1.29, 1.82) is 0 Å². The quantitative estimate of drug-likeness (QED) is 0.380. The van der Waals surface area contributed by atoms with Gasteiger partial charge in [0.15, 0.2) is 9.84 Å². The third kappa shape index (κ3) is 6.86. The number of aliphatic hydroxyl groups is 1. The summed E-state index contributed by atoms with van der Waals surface area (Å²) in [5.74, 6) is 1.83. The van der Waals surface area contributed by atoms with Crippen LogP contribution in [0.15, 0.2) is 59.0 Å². The van der Waals surface area contributed by atoms with Crippen LogP contribution in [0.5, 0.6) is 5.75 Å². The minimum Gasteiger partial charge on any atom is -0.491 e. The van der Waals surface area contributed by atoms with E-state index in [1.807, 2.05) is 4.90 Å². The van der Waals surface area contributed by atoms with Gasteiger partial charge in [-0.05, 0) is 61.0 Å². The number of carbonyl (C=O) groups is 1. The first-order valence-electron chi connectivity index (χ1n) is 11.1. The fourth-order valence-corrected chi connectivity index (χ4v) is 6.20. The van der Waals surface area contributed by atoms with Crippen LogP contribution in [0, 0.1) is 0 Å². The molecular weight excluding hydrogens is 513 g/mol. The van der Waals surface area contributed by atoms with Gasteiger partial charge in [0, 0.05) is 28.7 Å². The van der Waals surface area contributed by atoms with E-state index in [2.05, 4.69) is 0 Å². The van der Waals surface area contributed by atoms with Crippen molar-refractivity contribution >= 4 is 39.3 Å². The molecule has 2 heterocycles. The molecule has 0 bridgehead atoms. The van der Waals surface area contributed by atoms with Crippen molar-refractivity contribution in [2.75, 3.05) is 24.7 Å². The number of hydrogen-bond donors (Lipinski definition) is 1. The van der Waals surface area contributed by atoms with Crippen LogP contribution in [0.2, 0.25) is 10.0 Å². The highest BCUT2D eigenvalue weighted by atomic mass is 35.5. The summed E-state index contributed by atoms with van der Waals surface area (Å²) in [5.41, 5.74) is 1.19. The van der Waals surface area contributed by atoms with E-state index in [-0.39, 0.29) is 30.7 Å². The van der Waals surface area contributed by atoms with Gasteiger partial charge >= 0.3 is 0 Å². The van der Waals surface area contributed by atoms with Gasteiger partial charge in [-0.1, -0.05) is 23.2 Å². The first kappa shape index (κ1) is 25.7. The zero-order chi connectivity index (χ0) is 25.0. The molecule has 1 aromatic heterocycles. The number of aldehydes is 1. The van der Waals surface area contributed by atoms with Crippen molar-refractivity contribution < 1.29 is 27.5 Å². The average Bonchev–Trinajstić information content (AvgIpc) is 3.45. The van der Waals surface area contributed by atoms with Crippen molar-refractivity contribution in [3.8, 4) is 17.1 Å². The lowest BCUT2D eigenvalue weighted by atomic mass is 10.2. The summed E-state index contributed by atoms with van der Waals surface area (Å²) in [6.45, 7) is 0.516. The lowest BCUT2D eigenvalue weighted by Gasteiger charge is -2.29. The van der Waals surface area contributed by atoms with E-state index in [1.54, 1.807) is 54.6 Å². The molecule has 7 nitrogen and oxygen atoms in total. The molecule has 0 saturated carbocycles. The van der Waals surface area contributed by atoms with Crippen LogP contribution in [-0.2, 0) is 16.4 Å². The van der Waals surface area contributed by atoms with E-state index in [1.165, 1.54) is 0 Å². The summed E-state index contributed by atoms with van der Waals surface area (Å²) in [6, 6.07) is 15.0. The van der Waals surface area contributed by atoms with Crippen LogP contribution in [-0.4, -0.2) is 61.5 Å². The molecule has 2 aromatic carbocycles. The Balaban J connectivity index is 1.45. The smallest absolute Gasteiger partial charge is 0.151 e. The zero-order valence-corrected chi connectivity index (χ0v) is 21.1. The van der Waals surface area contributed by atoms with Gasteiger partial charge in [-0.15, -0.1) is 0 Å². The van der Waals surface area contributed by atoms with Gasteiger partial charge in [-0.2, -0.15) is 0 Å². The molecular formula is C25H25Cl2NO6S. The number of hydrogen-bond acceptors (Lipinski definition) is 7. The minimum atomic E-state index is -3.12. The van der Waals surface area contributed by atoms with Gasteiger partial charge in [-0.3, -0.25) is 9.69 Å². The van der Waals surface area contributed by atoms with E-state index >= 15 is 0 Å². The molecule has 1 N–H and O–H groups in total. The summed E-state index contributed by atoms with van der Waals surface area (Å²) < 4.78 is 35.9. The van der Waals surface area contributed by atoms with Gasteiger partial charge in [0.25, 0.3) is 0 Å². The normalized spacial score (nSPS) is 18.0. The molecule has 35 heavy (non-hydrogen) atoms. The maximum Gasteiger partial charge on any atom is 0.151 e. The first-order chi connectivity index (χ1) is 16.7. The van der Waals surface area contributed by atoms with E-state index in [0.29, 0.717) is 51.4 Å². The highest BCUT2D eigenvalue weighted by molar-refractivity contribution is 7.91. The van der Waals surface area contributed by atoms with Crippen LogP contribution in [0.3, 0.4) is 0 Å². The van der Waals surface area contributed by atoms with Gasteiger partial charge in [0.2, 0.25) is 0 Å². The van der Waals surface area contributed by atoms with Gasteiger partial charge in [-0.25, -0.2) is 8.42 Å². The van der Waals surface area contributed by atoms with Crippen molar-refractivity contribution in [2.45, 2.75) is 25.1 Å². The van der Waals surface area contributed by atoms with E-state index in [0.717, 1.165) is 6.29 Å². The Morgan fingerprint density at radius 3 is 2.60 bits per heavy atom. The number of furan rings is 1. The lowest BCUT2D eigenvalue weighted by Crippen LogP contribution is -2.42. The number of sulfone groups is 1. The van der Waals surface area contributed by atoms with Crippen molar-refractivity contribution in [3.05, 3.63) is 76.0 Å². The Morgan fingerprint density at radius 1 is 1.14 bits per heavy atom. The first-order valence-corrected chi connectivity index (χ1v) is 13.6. The molecule has 1 aliphatic heterocycles. The second-order valence-electron chi connectivity index (χ2n) is 8.53. The molecule has 0 radical (unpaired) electrons. The maximum absolute atomic E-state index is 12.1. The largest absolute Gasteiger partial charge is 0.491 e. The number of rotatable bonds is 10. The second kappa shape index (κ2) is 11.1.